The Bertz CT molecular complexity index is 929. The average Bonchev–Trinajstić information content (AvgIpc) is 3.06. The standard InChI is InChI=1S/C38H66N2O6S/c1-3-5-7-9-11-13-15-17-19-21-36(42)45-29-34(46-37(43)22-20-18-16-14-12-10-8-6-4-2)30-47-31-35(39)38(44)40-28-27-32-23-25-33(41)26-24-32/h23-26,34-35,41H,3-22,27-31,39H2,1-2H3,(H,40,44)/t34-,35-/m1/s1. The van der Waals surface area contributed by atoms with Gasteiger partial charge in [0.1, 0.15) is 18.5 Å². The van der Waals surface area contributed by atoms with Crippen molar-refractivity contribution in [3.8, 4) is 5.75 Å². The first-order chi connectivity index (χ1) is 22.8. The van der Waals surface area contributed by atoms with Crippen LogP contribution in [0.3, 0.4) is 0 Å². The molecule has 0 fully saturated rings. The zero-order valence-electron chi connectivity index (χ0n) is 29.6. The van der Waals surface area contributed by atoms with Gasteiger partial charge in [0.05, 0.1) is 6.04 Å². The van der Waals surface area contributed by atoms with E-state index in [4.69, 9.17) is 15.2 Å². The number of ether oxygens (including phenoxy) is 2. The Kier molecular flexibility index (Phi) is 27.2. The molecule has 8 nitrogen and oxygen atoms in total. The Hall–Kier alpha value is -2.26. The molecule has 0 aromatic heterocycles. The zero-order valence-corrected chi connectivity index (χ0v) is 30.4. The number of esters is 2. The molecular formula is C38H66N2O6S. The molecule has 4 N–H and O–H groups in total. The van der Waals surface area contributed by atoms with Crippen molar-refractivity contribution in [2.75, 3.05) is 24.7 Å². The molecule has 9 heteroatoms. The molecule has 0 aliphatic carbocycles. The Morgan fingerprint density at radius 2 is 1.21 bits per heavy atom. The number of aromatic hydroxyl groups is 1. The van der Waals surface area contributed by atoms with Crippen molar-refractivity contribution in [1.29, 1.82) is 0 Å². The van der Waals surface area contributed by atoms with Gasteiger partial charge in [-0.25, -0.2) is 0 Å². The SMILES string of the molecule is CCCCCCCCCCCC(=O)OC[C@H](CSC[C@@H](N)C(=O)NCCc1ccc(O)cc1)OC(=O)CCCCCCCCCCC. The van der Waals surface area contributed by atoms with Crippen molar-refractivity contribution in [2.45, 2.75) is 161 Å². The number of amides is 1. The van der Waals surface area contributed by atoms with Gasteiger partial charge in [-0.2, -0.15) is 11.8 Å². The number of nitrogens with one attached hydrogen (secondary N) is 1. The van der Waals surface area contributed by atoms with E-state index in [9.17, 15) is 19.5 Å². The number of hydrogen-bond acceptors (Lipinski definition) is 8. The number of rotatable bonds is 31. The maximum absolute atomic E-state index is 12.6. The summed E-state index contributed by atoms with van der Waals surface area (Å²) < 4.78 is 11.3. The first-order valence-electron chi connectivity index (χ1n) is 18.6. The third-order valence-corrected chi connectivity index (χ3v) is 9.49. The van der Waals surface area contributed by atoms with Crippen LogP contribution in [0.15, 0.2) is 24.3 Å². The predicted molar refractivity (Wildman–Crippen MR) is 195 cm³/mol. The molecule has 0 heterocycles. The molecular weight excluding hydrogens is 612 g/mol. The molecule has 0 saturated heterocycles. The largest absolute Gasteiger partial charge is 0.508 e. The van der Waals surface area contributed by atoms with Gasteiger partial charge in [-0.1, -0.05) is 129 Å². The summed E-state index contributed by atoms with van der Waals surface area (Å²) >= 11 is 1.42. The van der Waals surface area contributed by atoms with E-state index in [-0.39, 0.29) is 30.2 Å². The molecule has 1 amide bonds. The van der Waals surface area contributed by atoms with Gasteiger partial charge in [0, 0.05) is 30.9 Å². The Labute approximate surface area is 290 Å². The summed E-state index contributed by atoms with van der Waals surface area (Å²) in [5, 5.41) is 12.3. The molecule has 0 saturated carbocycles. The number of hydrogen-bond donors (Lipinski definition) is 3. The van der Waals surface area contributed by atoms with Gasteiger partial charge < -0.3 is 25.6 Å². The quantitative estimate of drug-likeness (QED) is 0.0528. The molecule has 2 atom stereocenters. The fourth-order valence-electron chi connectivity index (χ4n) is 5.30. The lowest BCUT2D eigenvalue weighted by Gasteiger charge is -2.19. The number of carbonyl (C=O) groups is 3. The third kappa shape index (κ3) is 25.4. The van der Waals surface area contributed by atoms with Crippen molar-refractivity contribution >= 4 is 29.6 Å². The van der Waals surface area contributed by atoms with Gasteiger partial charge in [0.25, 0.3) is 0 Å². The average molecular weight is 679 g/mol. The Morgan fingerprint density at radius 1 is 0.723 bits per heavy atom. The van der Waals surface area contributed by atoms with Crippen LogP contribution in [0.5, 0.6) is 5.75 Å². The fourth-order valence-corrected chi connectivity index (χ4v) is 6.27. The van der Waals surface area contributed by atoms with Crippen molar-refractivity contribution in [1.82, 2.24) is 5.32 Å². The first kappa shape index (κ1) is 42.8. The second kappa shape index (κ2) is 29.8. The molecule has 47 heavy (non-hydrogen) atoms. The van der Waals surface area contributed by atoms with E-state index >= 15 is 0 Å². The topological polar surface area (TPSA) is 128 Å². The van der Waals surface area contributed by atoms with E-state index in [2.05, 4.69) is 19.2 Å². The minimum Gasteiger partial charge on any atom is -0.508 e. The van der Waals surface area contributed by atoms with Crippen LogP contribution in [0.1, 0.15) is 148 Å². The van der Waals surface area contributed by atoms with Crippen LogP contribution in [0.25, 0.3) is 0 Å². The Morgan fingerprint density at radius 3 is 1.74 bits per heavy atom. The molecule has 0 radical (unpaired) electrons. The van der Waals surface area contributed by atoms with Gasteiger partial charge in [0.15, 0.2) is 0 Å². The highest BCUT2D eigenvalue weighted by Gasteiger charge is 2.20. The molecule has 0 spiro atoms. The smallest absolute Gasteiger partial charge is 0.306 e. The van der Waals surface area contributed by atoms with Crippen molar-refractivity contribution in [3.05, 3.63) is 29.8 Å². The maximum atomic E-state index is 12.6. The molecule has 0 unspecified atom stereocenters. The number of unbranched alkanes of at least 4 members (excludes halogenated alkanes) is 16. The van der Waals surface area contributed by atoms with Crippen LogP contribution >= 0.6 is 11.8 Å². The summed E-state index contributed by atoms with van der Waals surface area (Å²) in [5.41, 5.74) is 7.13. The Balaban J connectivity index is 2.40. The summed E-state index contributed by atoms with van der Waals surface area (Å²) in [5.74, 6) is 0.167. The summed E-state index contributed by atoms with van der Waals surface area (Å²) in [6.45, 7) is 4.91. The van der Waals surface area contributed by atoms with Crippen molar-refractivity contribution < 1.29 is 29.0 Å². The summed E-state index contributed by atoms with van der Waals surface area (Å²) in [6, 6.07) is 6.16. The van der Waals surface area contributed by atoms with E-state index in [1.165, 1.54) is 88.8 Å². The number of phenols is 1. The van der Waals surface area contributed by atoms with Crippen molar-refractivity contribution in [2.24, 2.45) is 5.73 Å². The molecule has 270 valence electrons. The predicted octanol–water partition coefficient (Wildman–Crippen LogP) is 8.41. The van der Waals surface area contributed by atoms with E-state index in [0.29, 0.717) is 37.3 Å². The van der Waals surface area contributed by atoms with Crippen LogP contribution in [0.2, 0.25) is 0 Å². The van der Waals surface area contributed by atoms with E-state index < -0.39 is 12.1 Å². The van der Waals surface area contributed by atoms with Crippen LogP contribution in [-0.2, 0) is 30.3 Å². The van der Waals surface area contributed by atoms with Gasteiger partial charge in [-0.15, -0.1) is 0 Å². The molecule has 1 aromatic carbocycles. The van der Waals surface area contributed by atoms with Crippen LogP contribution in [0, 0.1) is 0 Å². The van der Waals surface area contributed by atoms with Crippen LogP contribution in [-0.4, -0.2) is 59.8 Å². The summed E-state index contributed by atoms with van der Waals surface area (Å²) in [4.78, 5) is 37.6. The molecule has 0 aliphatic rings. The lowest BCUT2D eigenvalue weighted by Crippen LogP contribution is -2.43. The second-order valence-corrected chi connectivity index (χ2v) is 13.9. The normalized spacial score (nSPS) is 12.4. The van der Waals surface area contributed by atoms with Gasteiger partial charge >= 0.3 is 11.9 Å². The van der Waals surface area contributed by atoms with Gasteiger partial charge in [0.2, 0.25) is 5.91 Å². The lowest BCUT2D eigenvalue weighted by molar-refractivity contribution is -0.157. The van der Waals surface area contributed by atoms with Crippen LogP contribution < -0.4 is 11.1 Å². The summed E-state index contributed by atoms with van der Waals surface area (Å²) in [7, 11) is 0. The molecule has 1 rings (SSSR count). The highest BCUT2D eigenvalue weighted by Crippen LogP contribution is 2.15. The molecule has 1 aromatic rings. The monoisotopic (exact) mass is 678 g/mol. The van der Waals surface area contributed by atoms with E-state index in [0.717, 1.165) is 44.1 Å². The number of benzene rings is 1. The minimum atomic E-state index is -0.715. The van der Waals surface area contributed by atoms with E-state index in [1.54, 1.807) is 12.1 Å². The fraction of sp³-hybridized carbons (Fsp3) is 0.763. The molecule has 0 aliphatic heterocycles. The minimum absolute atomic E-state index is 0.0147. The van der Waals surface area contributed by atoms with E-state index in [1.807, 2.05) is 12.1 Å². The maximum Gasteiger partial charge on any atom is 0.306 e. The van der Waals surface area contributed by atoms with Gasteiger partial charge in [-0.3, -0.25) is 14.4 Å². The van der Waals surface area contributed by atoms with Crippen LogP contribution in [0.4, 0.5) is 0 Å². The highest BCUT2D eigenvalue weighted by molar-refractivity contribution is 7.99. The number of thioether (sulfide) groups is 1. The number of nitrogens with two attached hydrogens (primary N) is 1. The summed E-state index contributed by atoms with van der Waals surface area (Å²) in [6.07, 6.45) is 21.9. The highest BCUT2D eigenvalue weighted by atomic mass is 32.2. The second-order valence-electron chi connectivity index (χ2n) is 12.8. The number of carbonyl (C=O) groups excluding carboxylic acids is 3. The lowest BCUT2D eigenvalue weighted by atomic mass is 10.1. The third-order valence-electron chi connectivity index (χ3n) is 8.28. The first-order valence-corrected chi connectivity index (χ1v) is 19.7. The van der Waals surface area contributed by atoms with Crippen molar-refractivity contribution in [3.63, 3.8) is 0 Å². The number of phenolic OH excluding ortho intramolecular Hbond substituents is 1. The zero-order chi connectivity index (χ0) is 34.4. The molecule has 0 bridgehead atoms. The van der Waals surface area contributed by atoms with Gasteiger partial charge in [-0.05, 0) is 37.0 Å².